The van der Waals surface area contributed by atoms with Gasteiger partial charge in [0.25, 0.3) is 0 Å². The Balaban J connectivity index is 1.73. The number of sulfonamides is 1. The fourth-order valence-corrected chi connectivity index (χ4v) is 3.07. The number of nitrogens with zero attached hydrogens (tertiary/aromatic N) is 1. The minimum Gasteiger partial charge on any atom is -0.314 e. The molecule has 0 radical (unpaired) electrons. The number of pyridine rings is 1. The summed E-state index contributed by atoms with van der Waals surface area (Å²) in [4.78, 5) is 3.94. The van der Waals surface area contributed by atoms with Gasteiger partial charge in [0.1, 0.15) is 0 Å². The van der Waals surface area contributed by atoms with Crippen molar-refractivity contribution in [3.05, 3.63) is 24.0 Å². The lowest BCUT2D eigenvalue weighted by molar-refractivity contribution is 0.591. The first kappa shape index (κ1) is 14.3. The zero-order chi connectivity index (χ0) is 13.7. The lowest BCUT2D eigenvalue weighted by Gasteiger charge is -2.10. The summed E-state index contributed by atoms with van der Waals surface area (Å²) in [7, 11) is -3.25. The molecule has 1 saturated carbocycles. The van der Waals surface area contributed by atoms with E-state index in [0.717, 1.165) is 18.5 Å². The normalized spacial score (nSPS) is 15.4. The molecular formula is C13H21N3O2S. The van der Waals surface area contributed by atoms with Crippen LogP contribution >= 0.6 is 0 Å². The molecule has 1 aliphatic carbocycles. The minimum atomic E-state index is -3.25. The van der Waals surface area contributed by atoms with E-state index in [1.54, 1.807) is 18.5 Å². The smallest absolute Gasteiger partial charge is 0.232 e. The molecule has 0 spiro atoms. The van der Waals surface area contributed by atoms with Crippen molar-refractivity contribution in [1.82, 2.24) is 10.3 Å². The lowest BCUT2D eigenvalue weighted by Crippen LogP contribution is -2.20. The molecular weight excluding hydrogens is 262 g/mol. The van der Waals surface area contributed by atoms with E-state index in [2.05, 4.69) is 15.0 Å². The number of aryl methyl sites for hydroxylation is 1. The fraction of sp³-hybridized carbons (Fsp3) is 0.615. The first-order valence-corrected chi connectivity index (χ1v) is 8.36. The first-order valence-electron chi connectivity index (χ1n) is 6.71. The van der Waals surface area contributed by atoms with Crippen molar-refractivity contribution in [1.29, 1.82) is 0 Å². The Kier molecular flexibility index (Phi) is 4.76. The maximum absolute atomic E-state index is 11.9. The van der Waals surface area contributed by atoms with Gasteiger partial charge in [-0.2, -0.15) is 0 Å². The van der Waals surface area contributed by atoms with Gasteiger partial charge in [-0.05, 0) is 50.8 Å². The Bertz CT molecular complexity index is 512. The average molecular weight is 283 g/mol. The monoisotopic (exact) mass is 283 g/mol. The molecule has 6 heteroatoms. The van der Waals surface area contributed by atoms with E-state index in [1.165, 1.54) is 12.8 Å². The summed E-state index contributed by atoms with van der Waals surface area (Å²) in [5.74, 6) is 0.168. The quantitative estimate of drug-likeness (QED) is 0.712. The highest BCUT2D eigenvalue weighted by molar-refractivity contribution is 7.92. The number of anilines is 1. The summed E-state index contributed by atoms with van der Waals surface area (Å²) in [6, 6.07) is 2.37. The highest BCUT2D eigenvalue weighted by atomic mass is 32.2. The molecule has 0 aliphatic heterocycles. The van der Waals surface area contributed by atoms with Gasteiger partial charge in [-0.15, -0.1) is 0 Å². The van der Waals surface area contributed by atoms with Crippen molar-refractivity contribution < 1.29 is 8.42 Å². The standard InChI is InChI=1S/C13H21N3O2S/c1-11-10-14-8-6-13(11)16-19(17,18)9-3-2-7-15-12-4-5-12/h6,8,10,12,15H,2-5,7,9H2,1H3,(H,14,16). The third-order valence-electron chi connectivity index (χ3n) is 3.14. The van der Waals surface area contributed by atoms with Crippen LogP contribution in [-0.4, -0.2) is 31.7 Å². The van der Waals surface area contributed by atoms with Gasteiger partial charge in [-0.25, -0.2) is 8.42 Å². The number of unbranched alkanes of at least 4 members (excludes halogenated alkanes) is 1. The molecule has 1 fully saturated rings. The third kappa shape index (κ3) is 5.16. The second kappa shape index (κ2) is 6.34. The summed E-state index contributed by atoms with van der Waals surface area (Å²) in [6.07, 6.45) is 7.34. The van der Waals surface area contributed by atoms with Crippen LogP contribution in [0.4, 0.5) is 5.69 Å². The van der Waals surface area contributed by atoms with Crippen molar-refractivity contribution in [2.24, 2.45) is 0 Å². The summed E-state index contributed by atoms with van der Waals surface area (Å²) in [5, 5.41) is 3.38. The molecule has 0 bridgehead atoms. The molecule has 19 heavy (non-hydrogen) atoms. The van der Waals surface area contributed by atoms with Crippen LogP contribution in [0.25, 0.3) is 0 Å². The maximum atomic E-state index is 11.9. The van der Waals surface area contributed by atoms with Gasteiger partial charge in [0.05, 0.1) is 11.4 Å². The second-order valence-corrected chi connectivity index (χ2v) is 6.89. The molecule has 2 N–H and O–H groups in total. The Hall–Kier alpha value is -1.14. The van der Waals surface area contributed by atoms with Crippen LogP contribution in [-0.2, 0) is 10.0 Å². The van der Waals surface area contributed by atoms with Gasteiger partial charge in [0.15, 0.2) is 0 Å². The van der Waals surface area contributed by atoms with Gasteiger partial charge >= 0.3 is 0 Å². The van der Waals surface area contributed by atoms with E-state index >= 15 is 0 Å². The molecule has 0 unspecified atom stereocenters. The SMILES string of the molecule is Cc1cnccc1NS(=O)(=O)CCCCNC1CC1. The van der Waals surface area contributed by atoms with Crippen molar-refractivity contribution in [3.8, 4) is 0 Å². The highest BCUT2D eigenvalue weighted by Gasteiger charge is 2.19. The maximum Gasteiger partial charge on any atom is 0.232 e. The molecule has 0 aromatic carbocycles. The molecule has 5 nitrogen and oxygen atoms in total. The first-order chi connectivity index (χ1) is 9.07. The Morgan fingerprint density at radius 3 is 2.84 bits per heavy atom. The van der Waals surface area contributed by atoms with Gasteiger partial charge < -0.3 is 5.32 Å². The number of hydrogen-bond donors (Lipinski definition) is 2. The molecule has 1 aromatic rings. The van der Waals surface area contributed by atoms with E-state index in [1.807, 2.05) is 6.92 Å². The summed E-state index contributed by atoms with van der Waals surface area (Å²) in [6.45, 7) is 2.75. The van der Waals surface area contributed by atoms with Crippen LogP contribution in [0.3, 0.4) is 0 Å². The van der Waals surface area contributed by atoms with Crippen LogP contribution in [0, 0.1) is 6.92 Å². The summed E-state index contributed by atoms with van der Waals surface area (Å²) in [5.41, 5.74) is 1.45. The molecule has 1 heterocycles. The predicted molar refractivity (Wildman–Crippen MR) is 76.6 cm³/mol. The average Bonchev–Trinajstić information content (AvgIpc) is 3.15. The van der Waals surface area contributed by atoms with Gasteiger partial charge in [0, 0.05) is 18.4 Å². The van der Waals surface area contributed by atoms with E-state index in [-0.39, 0.29) is 5.75 Å². The number of aromatic nitrogens is 1. The minimum absolute atomic E-state index is 0.168. The molecule has 1 aromatic heterocycles. The predicted octanol–water partition coefficient (Wildman–Crippen LogP) is 1.66. The Morgan fingerprint density at radius 2 is 2.16 bits per heavy atom. The van der Waals surface area contributed by atoms with Crippen LogP contribution in [0.5, 0.6) is 0 Å². The largest absolute Gasteiger partial charge is 0.314 e. The summed E-state index contributed by atoms with van der Waals surface area (Å²) < 4.78 is 26.4. The van der Waals surface area contributed by atoms with Crippen LogP contribution in [0.1, 0.15) is 31.2 Å². The topological polar surface area (TPSA) is 71.1 Å². The summed E-state index contributed by atoms with van der Waals surface area (Å²) >= 11 is 0. The highest BCUT2D eigenvalue weighted by Crippen LogP contribution is 2.18. The number of nitrogens with one attached hydrogen (secondary N) is 2. The Labute approximate surface area is 114 Å². The third-order valence-corrected chi connectivity index (χ3v) is 4.49. The van der Waals surface area contributed by atoms with E-state index in [9.17, 15) is 8.42 Å². The zero-order valence-corrected chi connectivity index (χ0v) is 12.0. The van der Waals surface area contributed by atoms with Crippen molar-refractivity contribution in [2.45, 2.75) is 38.6 Å². The molecule has 106 valence electrons. The van der Waals surface area contributed by atoms with Gasteiger partial charge in [-0.3, -0.25) is 9.71 Å². The van der Waals surface area contributed by atoms with E-state index in [4.69, 9.17) is 0 Å². The number of rotatable bonds is 8. The van der Waals surface area contributed by atoms with Crippen LogP contribution < -0.4 is 10.0 Å². The zero-order valence-electron chi connectivity index (χ0n) is 11.2. The van der Waals surface area contributed by atoms with Crippen LogP contribution in [0.2, 0.25) is 0 Å². The van der Waals surface area contributed by atoms with E-state index in [0.29, 0.717) is 18.2 Å². The molecule has 0 atom stereocenters. The van der Waals surface area contributed by atoms with E-state index < -0.39 is 10.0 Å². The van der Waals surface area contributed by atoms with Gasteiger partial charge in [0.2, 0.25) is 10.0 Å². The molecule has 0 saturated heterocycles. The number of hydrogen-bond acceptors (Lipinski definition) is 4. The van der Waals surface area contributed by atoms with Crippen molar-refractivity contribution in [3.63, 3.8) is 0 Å². The van der Waals surface area contributed by atoms with Crippen LogP contribution in [0.15, 0.2) is 18.5 Å². The lowest BCUT2D eigenvalue weighted by atomic mass is 10.3. The second-order valence-electron chi connectivity index (χ2n) is 5.05. The van der Waals surface area contributed by atoms with Crippen molar-refractivity contribution in [2.75, 3.05) is 17.0 Å². The van der Waals surface area contributed by atoms with Crippen molar-refractivity contribution >= 4 is 15.7 Å². The van der Waals surface area contributed by atoms with Gasteiger partial charge in [-0.1, -0.05) is 0 Å². The Morgan fingerprint density at radius 1 is 1.37 bits per heavy atom. The fourth-order valence-electron chi connectivity index (χ4n) is 1.82. The molecule has 0 amide bonds. The molecule has 2 rings (SSSR count). The molecule has 1 aliphatic rings.